The lowest BCUT2D eigenvalue weighted by Gasteiger charge is -2.14. The summed E-state index contributed by atoms with van der Waals surface area (Å²) in [5, 5.41) is 11.4. The van der Waals surface area contributed by atoms with Crippen LogP contribution >= 0.6 is 0 Å². The predicted octanol–water partition coefficient (Wildman–Crippen LogP) is 3.07. The number of rotatable bonds is 4. The van der Waals surface area contributed by atoms with Crippen molar-refractivity contribution in [2.45, 2.75) is 5.92 Å². The van der Waals surface area contributed by atoms with Gasteiger partial charge >= 0.3 is 12.1 Å². The molecule has 30 heavy (non-hydrogen) atoms. The molecule has 0 radical (unpaired) electrons. The lowest BCUT2D eigenvalue weighted by atomic mass is 9.98. The minimum atomic E-state index is -1.20. The Morgan fingerprint density at radius 2 is 1.60 bits per heavy atom. The second-order valence-corrected chi connectivity index (χ2v) is 6.58. The van der Waals surface area contributed by atoms with Crippen molar-refractivity contribution in [3.8, 4) is 23.0 Å². The molecule has 0 fully saturated rings. The maximum atomic E-state index is 12.1. The maximum Gasteiger partial charge on any atom is 0.407 e. The first-order valence-corrected chi connectivity index (χ1v) is 9.26. The number of carbonyl (C=O) groups is 2. The van der Waals surface area contributed by atoms with Gasteiger partial charge in [-0.3, -0.25) is 0 Å². The Labute approximate surface area is 172 Å². The van der Waals surface area contributed by atoms with Gasteiger partial charge in [0, 0.05) is 18.3 Å². The molecule has 0 unspecified atom stereocenters. The number of aromatic carboxylic acids is 1. The summed E-state index contributed by atoms with van der Waals surface area (Å²) in [6.07, 6.45) is 2.08. The minimum absolute atomic E-state index is 0.000803. The van der Waals surface area contributed by atoms with Gasteiger partial charge in [0.25, 0.3) is 0 Å². The van der Waals surface area contributed by atoms with E-state index in [1.54, 1.807) is 0 Å². The average molecular weight is 399 g/mol. The standard InChI is InChI=1S/C23H17N3O4/c27-22(28)21-25-12-15(13-26-21)6-5-11-24-23(29)30-14-20-18-9-3-1-7-16(18)17-8-2-4-10-19(17)20/h1-4,7-10,12-13,20H,11,14H2,(H,24,29)(H,27,28). The second kappa shape index (κ2) is 8.45. The van der Waals surface area contributed by atoms with E-state index in [0.717, 1.165) is 11.1 Å². The molecule has 1 aromatic heterocycles. The van der Waals surface area contributed by atoms with E-state index in [2.05, 4.69) is 51.4 Å². The summed E-state index contributed by atoms with van der Waals surface area (Å²) < 4.78 is 5.43. The molecule has 1 heterocycles. The molecule has 7 nitrogen and oxygen atoms in total. The number of nitrogens with zero attached hydrogens (tertiary/aromatic N) is 2. The Morgan fingerprint density at radius 3 is 2.20 bits per heavy atom. The first-order chi connectivity index (χ1) is 14.6. The Kier molecular flexibility index (Phi) is 5.39. The number of benzene rings is 2. The Balaban J connectivity index is 1.32. The molecule has 1 aliphatic carbocycles. The molecule has 0 saturated carbocycles. The van der Waals surface area contributed by atoms with E-state index in [1.165, 1.54) is 23.5 Å². The van der Waals surface area contributed by atoms with Gasteiger partial charge in [-0.2, -0.15) is 0 Å². The zero-order valence-electron chi connectivity index (χ0n) is 15.8. The van der Waals surface area contributed by atoms with Crippen LogP contribution in [0.2, 0.25) is 0 Å². The molecule has 0 spiro atoms. The Bertz CT molecular complexity index is 1120. The summed E-state index contributed by atoms with van der Waals surface area (Å²) in [7, 11) is 0. The lowest BCUT2D eigenvalue weighted by molar-refractivity contribution is 0.0683. The third-order valence-electron chi connectivity index (χ3n) is 4.74. The van der Waals surface area contributed by atoms with Crippen molar-refractivity contribution in [1.29, 1.82) is 0 Å². The predicted molar refractivity (Wildman–Crippen MR) is 109 cm³/mol. The van der Waals surface area contributed by atoms with Gasteiger partial charge in [-0.1, -0.05) is 60.4 Å². The summed E-state index contributed by atoms with van der Waals surface area (Å²) in [6, 6.07) is 16.3. The van der Waals surface area contributed by atoms with Gasteiger partial charge in [-0.15, -0.1) is 0 Å². The smallest absolute Gasteiger partial charge is 0.407 e. The van der Waals surface area contributed by atoms with Crippen LogP contribution in [-0.4, -0.2) is 40.3 Å². The fraction of sp³-hybridized carbons (Fsp3) is 0.130. The third-order valence-corrected chi connectivity index (χ3v) is 4.74. The van der Waals surface area contributed by atoms with Crippen molar-refractivity contribution >= 4 is 12.1 Å². The fourth-order valence-electron chi connectivity index (χ4n) is 3.42. The van der Waals surface area contributed by atoms with E-state index >= 15 is 0 Å². The van der Waals surface area contributed by atoms with E-state index in [-0.39, 0.29) is 24.9 Å². The van der Waals surface area contributed by atoms with Crippen molar-refractivity contribution in [3.63, 3.8) is 0 Å². The van der Waals surface area contributed by atoms with Crippen LogP contribution < -0.4 is 5.32 Å². The van der Waals surface area contributed by atoms with Gasteiger partial charge in [0.05, 0.1) is 12.1 Å². The van der Waals surface area contributed by atoms with Crippen LogP contribution in [0.4, 0.5) is 4.79 Å². The number of nitrogens with one attached hydrogen (secondary N) is 1. The number of hydrogen-bond donors (Lipinski definition) is 2. The molecule has 0 bridgehead atoms. The zero-order valence-corrected chi connectivity index (χ0v) is 15.8. The normalized spacial score (nSPS) is 11.6. The Hall–Kier alpha value is -4.18. The number of carbonyl (C=O) groups excluding carboxylic acids is 1. The highest BCUT2D eigenvalue weighted by Gasteiger charge is 2.28. The number of ether oxygens (including phenoxy) is 1. The molecule has 0 saturated heterocycles. The SMILES string of the molecule is O=C(NCC#Cc1cnc(C(=O)O)nc1)OCC1c2ccccc2-c2ccccc21. The van der Waals surface area contributed by atoms with Gasteiger partial charge in [0.2, 0.25) is 5.82 Å². The molecular formula is C23H17N3O4. The minimum Gasteiger partial charge on any atom is -0.475 e. The largest absolute Gasteiger partial charge is 0.475 e. The molecule has 3 aromatic rings. The van der Waals surface area contributed by atoms with Crippen LogP contribution in [0.25, 0.3) is 11.1 Å². The van der Waals surface area contributed by atoms with Crippen molar-refractivity contribution in [2.24, 2.45) is 0 Å². The molecule has 2 N–H and O–H groups in total. The number of aromatic nitrogens is 2. The number of alkyl carbamates (subject to hydrolysis) is 1. The number of amides is 1. The summed E-state index contributed by atoms with van der Waals surface area (Å²) in [6.45, 7) is 0.315. The van der Waals surface area contributed by atoms with Gasteiger partial charge in [0.15, 0.2) is 0 Å². The van der Waals surface area contributed by atoms with E-state index in [9.17, 15) is 9.59 Å². The highest BCUT2D eigenvalue weighted by molar-refractivity contribution is 5.83. The van der Waals surface area contributed by atoms with Crippen molar-refractivity contribution in [3.05, 3.63) is 83.4 Å². The number of carboxylic acids is 1. The molecular weight excluding hydrogens is 382 g/mol. The van der Waals surface area contributed by atoms with Crippen LogP contribution in [0.3, 0.4) is 0 Å². The van der Waals surface area contributed by atoms with E-state index < -0.39 is 12.1 Å². The summed E-state index contributed by atoms with van der Waals surface area (Å²) in [5.41, 5.74) is 5.09. The molecule has 1 aliphatic rings. The summed E-state index contributed by atoms with van der Waals surface area (Å²) in [4.78, 5) is 30.1. The molecule has 1 amide bonds. The first kappa shape index (κ1) is 19.2. The summed E-state index contributed by atoms with van der Waals surface area (Å²) >= 11 is 0. The molecule has 0 aliphatic heterocycles. The van der Waals surface area contributed by atoms with Gasteiger partial charge in [-0.05, 0) is 22.3 Å². The van der Waals surface area contributed by atoms with E-state index in [4.69, 9.17) is 9.84 Å². The highest BCUT2D eigenvalue weighted by atomic mass is 16.5. The van der Waals surface area contributed by atoms with Crippen molar-refractivity contribution in [2.75, 3.05) is 13.2 Å². The number of fused-ring (bicyclic) bond motifs is 3. The topological polar surface area (TPSA) is 101 Å². The van der Waals surface area contributed by atoms with Crippen LogP contribution in [-0.2, 0) is 4.74 Å². The average Bonchev–Trinajstić information content (AvgIpc) is 3.09. The van der Waals surface area contributed by atoms with E-state index in [0.29, 0.717) is 5.56 Å². The lowest BCUT2D eigenvalue weighted by Crippen LogP contribution is -2.26. The van der Waals surface area contributed by atoms with Crippen molar-refractivity contribution < 1.29 is 19.4 Å². The second-order valence-electron chi connectivity index (χ2n) is 6.58. The maximum absolute atomic E-state index is 12.1. The fourth-order valence-corrected chi connectivity index (χ4v) is 3.42. The molecule has 0 atom stereocenters. The van der Waals surface area contributed by atoms with Gasteiger partial charge in [-0.25, -0.2) is 19.6 Å². The zero-order chi connectivity index (χ0) is 20.9. The van der Waals surface area contributed by atoms with Crippen LogP contribution in [0.1, 0.15) is 33.2 Å². The molecule has 4 rings (SSSR count). The first-order valence-electron chi connectivity index (χ1n) is 9.26. The number of carboxylic acid groups (broad SMARTS) is 1. The van der Waals surface area contributed by atoms with Crippen LogP contribution in [0, 0.1) is 11.8 Å². The Morgan fingerprint density at radius 1 is 1.00 bits per heavy atom. The summed E-state index contributed by atoms with van der Waals surface area (Å²) in [5.74, 6) is 4.00. The van der Waals surface area contributed by atoms with Crippen molar-refractivity contribution in [1.82, 2.24) is 15.3 Å². The quantitative estimate of drug-likeness (QED) is 0.654. The molecule has 148 valence electrons. The van der Waals surface area contributed by atoms with Gasteiger partial charge < -0.3 is 15.2 Å². The van der Waals surface area contributed by atoms with E-state index in [1.807, 2.05) is 24.3 Å². The monoisotopic (exact) mass is 399 g/mol. The van der Waals surface area contributed by atoms with Gasteiger partial charge in [0.1, 0.15) is 6.61 Å². The third kappa shape index (κ3) is 3.98. The highest BCUT2D eigenvalue weighted by Crippen LogP contribution is 2.44. The number of hydrogen-bond acceptors (Lipinski definition) is 5. The molecule has 2 aromatic carbocycles. The van der Waals surface area contributed by atoms with Crippen LogP contribution in [0.5, 0.6) is 0 Å². The molecule has 7 heteroatoms. The van der Waals surface area contributed by atoms with Crippen LogP contribution in [0.15, 0.2) is 60.9 Å².